The molecule has 1 aliphatic heterocycles. The van der Waals surface area contributed by atoms with Crippen LogP contribution in [0.3, 0.4) is 0 Å². The molecule has 0 saturated carbocycles. The number of nitrogens with zero attached hydrogens (tertiary/aromatic N) is 1. The minimum atomic E-state index is -4.01. The number of methoxy groups -OCH3 is 3. The standard InChI is InChI=1S/C33H38N4O10S/c1-18(2)48(43,44)27-12-10-22(36-33(42)47-5)17-24(27)29-23(32(40)41)13-14-37(29)31(39)28(19-9-11-25(45-3)26(16-19)46-4)35-21-8-6-7-20(15-21)30(34)38/h6-12,15-18,23,28-29,35H,13-14H2,1-5H3,(H2,34,38)(H,36,42)(H,40,41)/t23?,28-,29-/m1/s1. The van der Waals surface area contributed by atoms with Crippen LogP contribution in [0.15, 0.2) is 65.6 Å². The van der Waals surface area contributed by atoms with Gasteiger partial charge in [-0.25, -0.2) is 13.2 Å². The number of ether oxygens (including phenoxy) is 3. The van der Waals surface area contributed by atoms with Gasteiger partial charge in [0.15, 0.2) is 21.3 Å². The largest absolute Gasteiger partial charge is 0.493 e. The van der Waals surface area contributed by atoms with Gasteiger partial charge in [-0.3, -0.25) is 19.7 Å². The predicted molar refractivity (Wildman–Crippen MR) is 176 cm³/mol. The molecule has 3 amide bonds. The van der Waals surface area contributed by atoms with E-state index in [2.05, 4.69) is 15.4 Å². The molecule has 4 rings (SSSR count). The number of primary amides is 1. The maximum atomic E-state index is 14.7. The third-order valence-electron chi connectivity index (χ3n) is 8.13. The lowest BCUT2D eigenvalue weighted by Crippen LogP contribution is -2.40. The molecule has 15 heteroatoms. The third kappa shape index (κ3) is 7.30. The number of anilines is 2. The molecule has 0 spiro atoms. The lowest BCUT2D eigenvalue weighted by atomic mass is 9.92. The van der Waals surface area contributed by atoms with Crippen LogP contribution in [-0.4, -0.2) is 75.4 Å². The minimum absolute atomic E-state index is 0.0113. The zero-order valence-corrected chi connectivity index (χ0v) is 27.9. The molecular formula is C33H38N4O10S. The average molecular weight is 683 g/mol. The Morgan fingerprint density at radius 1 is 0.938 bits per heavy atom. The summed E-state index contributed by atoms with van der Waals surface area (Å²) in [6, 6.07) is 12.6. The van der Waals surface area contributed by atoms with Crippen LogP contribution >= 0.6 is 0 Å². The van der Waals surface area contributed by atoms with Crippen molar-refractivity contribution < 1.29 is 46.9 Å². The topological polar surface area (TPSA) is 204 Å². The van der Waals surface area contributed by atoms with Crippen LogP contribution in [0.4, 0.5) is 16.2 Å². The van der Waals surface area contributed by atoms with Crippen LogP contribution < -0.4 is 25.8 Å². The van der Waals surface area contributed by atoms with E-state index >= 15 is 0 Å². The Morgan fingerprint density at radius 3 is 2.25 bits per heavy atom. The van der Waals surface area contributed by atoms with E-state index in [9.17, 15) is 32.7 Å². The molecule has 3 aromatic rings. The number of nitrogens with two attached hydrogens (primary N) is 1. The first-order valence-corrected chi connectivity index (χ1v) is 16.4. The van der Waals surface area contributed by atoms with Gasteiger partial charge < -0.3 is 35.3 Å². The van der Waals surface area contributed by atoms with Crippen molar-refractivity contribution >= 4 is 45.1 Å². The highest BCUT2D eigenvalue weighted by molar-refractivity contribution is 7.92. The number of sulfone groups is 1. The molecular weight excluding hydrogens is 644 g/mol. The number of hydrogen-bond donors (Lipinski definition) is 4. The van der Waals surface area contributed by atoms with Crippen LogP contribution in [0.5, 0.6) is 11.5 Å². The minimum Gasteiger partial charge on any atom is -0.493 e. The number of carboxylic acids is 1. The van der Waals surface area contributed by atoms with E-state index < -0.39 is 57.0 Å². The summed E-state index contributed by atoms with van der Waals surface area (Å²) in [6.45, 7) is 2.94. The van der Waals surface area contributed by atoms with Crippen LogP contribution in [0.25, 0.3) is 0 Å². The molecule has 3 aromatic carbocycles. The van der Waals surface area contributed by atoms with Crippen LogP contribution in [0, 0.1) is 5.92 Å². The van der Waals surface area contributed by atoms with Crippen molar-refractivity contribution in [1.82, 2.24) is 4.90 Å². The average Bonchev–Trinajstić information content (AvgIpc) is 3.52. The molecule has 48 heavy (non-hydrogen) atoms. The number of hydrogen-bond acceptors (Lipinski definition) is 10. The van der Waals surface area contributed by atoms with Crippen molar-refractivity contribution in [1.29, 1.82) is 0 Å². The number of amides is 3. The monoisotopic (exact) mass is 682 g/mol. The lowest BCUT2D eigenvalue weighted by molar-refractivity contribution is -0.143. The number of rotatable bonds is 12. The van der Waals surface area contributed by atoms with Crippen LogP contribution in [0.2, 0.25) is 0 Å². The maximum Gasteiger partial charge on any atom is 0.411 e. The molecule has 1 saturated heterocycles. The fourth-order valence-corrected chi connectivity index (χ4v) is 6.91. The highest BCUT2D eigenvalue weighted by atomic mass is 32.2. The molecule has 1 unspecified atom stereocenters. The van der Waals surface area contributed by atoms with Crippen molar-refractivity contribution in [3.8, 4) is 11.5 Å². The number of benzene rings is 3. The van der Waals surface area contributed by atoms with Gasteiger partial charge in [0, 0.05) is 23.5 Å². The second-order valence-electron chi connectivity index (χ2n) is 11.3. The van der Waals surface area contributed by atoms with E-state index in [1.165, 1.54) is 63.3 Å². The predicted octanol–water partition coefficient (Wildman–Crippen LogP) is 3.99. The summed E-state index contributed by atoms with van der Waals surface area (Å²) in [5.74, 6) is -3.01. The molecule has 0 aliphatic carbocycles. The fourth-order valence-electron chi connectivity index (χ4n) is 5.64. The van der Waals surface area contributed by atoms with E-state index in [1.807, 2.05) is 0 Å². The first-order chi connectivity index (χ1) is 22.7. The Hall–Kier alpha value is -5.31. The van der Waals surface area contributed by atoms with Gasteiger partial charge in [0.2, 0.25) is 11.8 Å². The van der Waals surface area contributed by atoms with Gasteiger partial charge in [0.05, 0.1) is 43.4 Å². The van der Waals surface area contributed by atoms with E-state index in [-0.39, 0.29) is 34.7 Å². The van der Waals surface area contributed by atoms with Crippen molar-refractivity contribution in [2.75, 3.05) is 38.5 Å². The number of aliphatic carboxylic acids is 1. The number of carboxylic acid groups (broad SMARTS) is 1. The molecule has 1 heterocycles. The third-order valence-corrected chi connectivity index (χ3v) is 10.4. The number of carbonyl (C=O) groups is 4. The zero-order valence-electron chi connectivity index (χ0n) is 27.1. The molecule has 5 N–H and O–H groups in total. The molecule has 0 aromatic heterocycles. The van der Waals surface area contributed by atoms with Gasteiger partial charge in [-0.05, 0) is 79.9 Å². The summed E-state index contributed by atoms with van der Waals surface area (Å²) in [6.07, 6.45) is -0.817. The van der Waals surface area contributed by atoms with Crippen molar-refractivity contribution in [3.63, 3.8) is 0 Å². The van der Waals surface area contributed by atoms with Gasteiger partial charge >= 0.3 is 12.1 Å². The first-order valence-electron chi connectivity index (χ1n) is 14.9. The van der Waals surface area contributed by atoms with E-state index in [0.717, 1.165) is 7.11 Å². The Morgan fingerprint density at radius 2 is 1.65 bits per heavy atom. The van der Waals surface area contributed by atoms with Crippen LogP contribution in [-0.2, 0) is 24.2 Å². The van der Waals surface area contributed by atoms with Gasteiger partial charge in [-0.15, -0.1) is 0 Å². The summed E-state index contributed by atoms with van der Waals surface area (Å²) >= 11 is 0. The smallest absolute Gasteiger partial charge is 0.411 e. The molecule has 0 radical (unpaired) electrons. The Bertz CT molecular complexity index is 1830. The second kappa shape index (κ2) is 14.6. The number of nitrogens with one attached hydrogen (secondary N) is 2. The fraction of sp³-hybridized carbons (Fsp3) is 0.333. The summed E-state index contributed by atoms with van der Waals surface area (Å²) in [7, 11) is 0.0412. The molecule has 1 fully saturated rings. The number of carbonyl (C=O) groups excluding carboxylic acids is 3. The molecule has 3 atom stereocenters. The second-order valence-corrected chi connectivity index (χ2v) is 13.8. The van der Waals surface area contributed by atoms with Crippen molar-refractivity contribution in [2.24, 2.45) is 11.7 Å². The summed E-state index contributed by atoms with van der Waals surface area (Å²) in [5, 5.41) is 15.1. The Balaban J connectivity index is 1.92. The van der Waals surface area contributed by atoms with Gasteiger partial charge in [-0.2, -0.15) is 0 Å². The SMILES string of the molecule is COC(=O)Nc1ccc(S(=O)(=O)C(C)C)c([C@H]2C(C(=O)O)CCN2C(=O)[C@H](Nc2cccc(C(N)=O)c2)c2ccc(OC)c(OC)c2)c1. The molecule has 14 nitrogen and oxygen atoms in total. The van der Waals surface area contributed by atoms with Crippen molar-refractivity contribution in [2.45, 2.75) is 42.5 Å². The zero-order chi connectivity index (χ0) is 35.3. The molecule has 1 aliphatic rings. The quantitative estimate of drug-likeness (QED) is 0.215. The Kier molecular flexibility index (Phi) is 10.8. The summed E-state index contributed by atoms with van der Waals surface area (Å²) < 4.78 is 42.8. The number of likely N-dealkylation sites (tertiary alicyclic amines) is 1. The van der Waals surface area contributed by atoms with Gasteiger partial charge in [0.25, 0.3) is 0 Å². The van der Waals surface area contributed by atoms with E-state index in [4.69, 9.17) is 15.2 Å². The van der Waals surface area contributed by atoms with E-state index in [1.54, 1.807) is 30.3 Å². The molecule has 256 valence electrons. The highest BCUT2D eigenvalue weighted by Crippen LogP contribution is 2.44. The maximum absolute atomic E-state index is 14.7. The van der Waals surface area contributed by atoms with Crippen molar-refractivity contribution in [3.05, 3.63) is 77.4 Å². The van der Waals surface area contributed by atoms with Gasteiger partial charge in [0.1, 0.15) is 6.04 Å². The lowest BCUT2D eigenvalue weighted by Gasteiger charge is -2.33. The summed E-state index contributed by atoms with van der Waals surface area (Å²) in [4.78, 5) is 52.6. The highest BCUT2D eigenvalue weighted by Gasteiger charge is 2.46. The Labute approximate surface area is 278 Å². The summed E-state index contributed by atoms with van der Waals surface area (Å²) in [5.41, 5.74) is 6.60. The molecule has 0 bridgehead atoms. The normalized spacial score (nSPS) is 16.6. The first kappa shape index (κ1) is 35.5. The van der Waals surface area contributed by atoms with Gasteiger partial charge in [-0.1, -0.05) is 12.1 Å². The van der Waals surface area contributed by atoms with E-state index in [0.29, 0.717) is 22.7 Å². The van der Waals surface area contributed by atoms with Crippen LogP contribution in [0.1, 0.15) is 53.8 Å².